The fraction of sp³-hybridized carbons (Fsp3) is 0.333. The van der Waals surface area contributed by atoms with Gasteiger partial charge in [0.05, 0.1) is 16.6 Å². The number of likely N-dealkylation sites (N-methyl/N-ethyl adjacent to an activating group) is 1. The van der Waals surface area contributed by atoms with Gasteiger partial charge in [0, 0.05) is 41.8 Å². The van der Waals surface area contributed by atoms with Gasteiger partial charge < -0.3 is 9.88 Å². The van der Waals surface area contributed by atoms with Crippen molar-refractivity contribution < 1.29 is 0 Å². The molecule has 0 unspecified atom stereocenters. The maximum absolute atomic E-state index is 6.08. The van der Waals surface area contributed by atoms with Gasteiger partial charge in [-0.1, -0.05) is 18.5 Å². The van der Waals surface area contributed by atoms with E-state index < -0.39 is 0 Å². The molecule has 0 bridgehead atoms. The molecule has 1 aliphatic heterocycles. The van der Waals surface area contributed by atoms with E-state index in [2.05, 4.69) is 57.0 Å². The van der Waals surface area contributed by atoms with E-state index in [4.69, 9.17) is 16.6 Å². The van der Waals surface area contributed by atoms with Crippen LogP contribution >= 0.6 is 11.6 Å². The number of piperazine rings is 1. The smallest absolute Gasteiger partial charge is 0.159 e. The van der Waals surface area contributed by atoms with Gasteiger partial charge in [-0.15, -0.1) is 0 Å². The normalized spacial score (nSPS) is 18.4. The maximum atomic E-state index is 6.08. The molecule has 144 valence electrons. The number of H-pyrrole nitrogens is 2. The minimum absolute atomic E-state index is 0.494. The van der Waals surface area contributed by atoms with Crippen LogP contribution in [0.3, 0.4) is 0 Å². The number of nitrogens with zero attached hydrogens (tertiary/aromatic N) is 4. The minimum Gasteiger partial charge on any atom is -0.366 e. The Hall–Kier alpha value is -2.57. The Morgan fingerprint density at radius 1 is 1.14 bits per heavy atom. The van der Waals surface area contributed by atoms with E-state index in [0.29, 0.717) is 11.1 Å². The zero-order valence-electron chi connectivity index (χ0n) is 16.0. The molecule has 28 heavy (non-hydrogen) atoms. The minimum atomic E-state index is 0.494. The summed E-state index contributed by atoms with van der Waals surface area (Å²) >= 11 is 6.08. The van der Waals surface area contributed by atoms with Gasteiger partial charge in [0.1, 0.15) is 5.69 Å². The van der Waals surface area contributed by atoms with Gasteiger partial charge in [-0.2, -0.15) is 5.10 Å². The van der Waals surface area contributed by atoms with Crippen molar-refractivity contribution in [3.8, 4) is 11.5 Å². The summed E-state index contributed by atoms with van der Waals surface area (Å²) in [5.41, 5.74) is 4.94. The fourth-order valence-electron chi connectivity index (χ4n) is 4.16. The van der Waals surface area contributed by atoms with Gasteiger partial charge in [0.25, 0.3) is 0 Å². The van der Waals surface area contributed by atoms with E-state index in [9.17, 15) is 0 Å². The summed E-state index contributed by atoms with van der Waals surface area (Å²) in [5, 5.41) is 9.19. The molecule has 0 radical (unpaired) electrons. The van der Waals surface area contributed by atoms with Crippen molar-refractivity contribution in [1.82, 2.24) is 25.1 Å². The predicted octanol–water partition coefficient (Wildman–Crippen LogP) is 4.29. The first-order valence-electron chi connectivity index (χ1n) is 9.75. The second-order valence-corrected chi connectivity index (χ2v) is 7.92. The standard InChI is InChI=1S/C21H23ClN6/c1-3-27-8-9-28(13(2)12-27)15-5-7-17-19(11-15)24-21(23-17)20-16-6-4-14(22)10-18(16)25-26-20/h4-7,10-11,13H,3,8-9,12H2,1-2H3,(H,23,24)(H,25,26)/t13-/m0/s1. The highest BCUT2D eigenvalue weighted by atomic mass is 35.5. The van der Waals surface area contributed by atoms with Crippen LogP contribution in [0, 0.1) is 0 Å². The Balaban J connectivity index is 1.50. The van der Waals surface area contributed by atoms with Crippen LogP contribution in [-0.2, 0) is 0 Å². The lowest BCUT2D eigenvalue weighted by molar-refractivity contribution is 0.240. The number of fused-ring (bicyclic) bond motifs is 2. The first-order valence-corrected chi connectivity index (χ1v) is 10.1. The first-order chi connectivity index (χ1) is 13.6. The number of aromatic amines is 2. The van der Waals surface area contributed by atoms with Gasteiger partial charge >= 0.3 is 0 Å². The molecule has 0 saturated carbocycles. The van der Waals surface area contributed by atoms with Crippen molar-refractivity contribution in [3.63, 3.8) is 0 Å². The summed E-state index contributed by atoms with van der Waals surface area (Å²) in [6, 6.07) is 12.7. The van der Waals surface area contributed by atoms with Crippen LogP contribution in [0.5, 0.6) is 0 Å². The Labute approximate surface area is 168 Å². The molecular formula is C21H23ClN6. The summed E-state index contributed by atoms with van der Waals surface area (Å²) < 4.78 is 0. The molecule has 2 aromatic heterocycles. The summed E-state index contributed by atoms with van der Waals surface area (Å²) in [6.45, 7) is 8.90. The topological polar surface area (TPSA) is 63.8 Å². The number of anilines is 1. The van der Waals surface area contributed by atoms with E-state index in [1.165, 1.54) is 5.69 Å². The van der Waals surface area contributed by atoms with Gasteiger partial charge in [-0.25, -0.2) is 4.98 Å². The molecule has 0 spiro atoms. The van der Waals surface area contributed by atoms with Crippen LogP contribution in [-0.4, -0.2) is 57.3 Å². The fourth-order valence-corrected chi connectivity index (χ4v) is 4.34. The van der Waals surface area contributed by atoms with E-state index in [0.717, 1.165) is 59.6 Å². The highest BCUT2D eigenvalue weighted by molar-refractivity contribution is 6.31. The number of rotatable bonds is 3. The van der Waals surface area contributed by atoms with Crippen molar-refractivity contribution in [3.05, 3.63) is 41.4 Å². The number of nitrogens with one attached hydrogen (secondary N) is 2. The summed E-state index contributed by atoms with van der Waals surface area (Å²) in [4.78, 5) is 13.2. The summed E-state index contributed by atoms with van der Waals surface area (Å²) in [5.74, 6) is 0.768. The van der Waals surface area contributed by atoms with Gasteiger partial charge in [0.2, 0.25) is 0 Å². The van der Waals surface area contributed by atoms with Crippen LogP contribution in [0.2, 0.25) is 5.02 Å². The molecule has 7 heteroatoms. The Kier molecular flexibility index (Phi) is 4.25. The number of aromatic nitrogens is 4. The van der Waals surface area contributed by atoms with Crippen LogP contribution in [0.1, 0.15) is 13.8 Å². The SMILES string of the molecule is CCN1CCN(c2ccc3nc(-c4n[nH]c5cc(Cl)ccc45)[nH]c3c2)[C@@H](C)C1. The highest BCUT2D eigenvalue weighted by Gasteiger charge is 2.23. The van der Waals surface area contributed by atoms with Crippen molar-refractivity contribution in [2.45, 2.75) is 19.9 Å². The molecule has 5 rings (SSSR count). The van der Waals surface area contributed by atoms with Crippen LogP contribution in [0.15, 0.2) is 36.4 Å². The molecule has 0 aliphatic carbocycles. The first kappa shape index (κ1) is 17.5. The van der Waals surface area contributed by atoms with Crippen molar-refractivity contribution in [2.24, 2.45) is 0 Å². The number of hydrogen-bond acceptors (Lipinski definition) is 4. The number of halogens is 1. The quantitative estimate of drug-likeness (QED) is 0.544. The molecule has 1 saturated heterocycles. The number of benzene rings is 2. The number of hydrogen-bond donors (Lipinski definition) is 2. The lowest BCUT2D eigenvalue weighted by Gasteiger charge is -2.41. The van der Waals surface area contributed by atoms with E-state index in [1.54, 1.807) is 0 Å². The van der Waals surface area contributed by atoms with Crippen molar-refractivity contribution in [1.29, 1.82) is 0 Å². The molecule has 3 heterocycles. The van der Waals surface area contributed by atoms with E-state index >= 15 is 0 Å². The number of imidazole rings is 1. The average Bonchev–Trinajstić information content (AvgIpc) is 3.30. The lowest BCUT2D eigenvalue weighted by Crippen LogP contribution is -2.51. The lowest BCUT2D eigenvalue weighted by atomic mass is 10.1. The molecule has 1 atom stereocenters. The van der Waals surface area contributed by atoms with Gasteiger partial charge in [-0.3, -0.25) is 10.00 Å². The zero-order chi connectivity index (χ0) is 19.3. The van der Waals surface area contributed by atoms with Crippen molar-refractivity contribution >= 4 is 39.2 Å². The zero-order valence-corrected chi connectivity index (χ0v) is 16.8. The third-order valence-electron chi connectivity index (χ3n) is 5.71. The largest absolute Gasteiger partial charge is 0.366 e. The third kappa shape index (κ3) is 2.93. The van der Waals surface area contributed by atoms with E-state index in [-0.39, 0.29) is 0 Å². The van der Waals surface area contributed by atoms with Crippen LogP contribution in [0.4, 0.5) is 5.69 Å². The Morgan fingerprint density at radius 2 is 2.04 bits per heavy atom. The molecule has 6 nitrogen and oxygen atoms in total. The Morgan fingerprint density at radius 3 is 2.86 bits per heavy atom. The van der Waals surface area contributed by atoms with Crippen LogP contribution < -0.4 is 4.90 Å². The summed E-state index contributed by atoms with van der Waals surface area (Å²) in [7, 11) is 0. The average molecular weight is 395 g/mol. The molecule has 1 fully saturated rings. The Bertz CT molecular complexity index is 1150. The van der Waals surface area contributed by atoms with Gasteiger partial charge in [0.15, 0.2) is 5.82 Å². The van der Waals surface area contributed by atoms with Crippen molar-refractivity contribution in [2.75, 3.05) is 31.1 Å². The molecule has 0 amide bonds. The molecular weight excluding hydrogens is 372 g/mol. The second kappa shape index (κ2) is 6.79. The molecule has 2 aromatic carbocycles. The maximum Gasteiger partial charge on any atom is 0.159 e. The molecule has 4 aromatic rings. The molecule has 2 N–H and O–H groups in total. The van der Waals surface area contributed by atoms with Crippen LogP contribution in [0.25, 0.3) is 33.5 Å². The monoisotopic (exact) mass is 394 g/mol. The third-order valence-corrected chi connectivity index (χ3v) is 5.94. The predicted molar refractivity (Wildman–Crippen MR) is 115 cm³/mol. The highest BCUT2D eigenvalue weighted by Crippen LogP contribution is 2.30. The second-order valence-electron chi connectivity index (χ2n) is 7.48. The summed E-state index contributed by atoms with van der Waals surface area (Å²) in [6.07, 6.45) is 0. The molecule has 1 aliphatic rings. The van der Waals surface area contributed by atoms with Gasteiger partial charge in [-0.05, 0) is 49.9 Å². The van der Waals surface area contributed by atoms with E-state index in [1.807, 2.05) is 18.2 Å².